The molecule has 2 aromatic carbocycles. The van der Waals surface area contributed by atoms with Crippen molar-refractivity contribution in [3.05, 3.63) is 84.1 Å². The largest absolute Gasteiger partial charge is 0.384 e. The number of rotatable bonds is 5. The smallest absolute Gasteiger partial charge is 0.251 e. The van der Waals surface area contributed by atoms with Crippen molar-refractivity contribution in [3.63, 3.8) is 0 Å². The van der Waals surface area contributed by atoms with E-state index < -0.39 is 0 Å². The Morgan fingerprint density at radius 2 is 1.62 bits per heavy atom. The van der Waals surface area contributed by atoms with Gasteiger partial charge in [0.2, 0.25) is 0 Å². The molecule has 0 saturated carbocycles. The predicted molar refractivity (Wildman–Crippen MR) is 96.0 cm³/mol. The van der Waals surface area contributed by atoms with Gasteiger partial charge in [-0.3, -0.25) is 4.79 Å². The lowest BCUT2D eigenvalue weighted by atomic mass is 10.2. The lowest BCUT2D eigenvalue weighted by molar-refractivity contribution is 0.0951. The van der Waals surface area contributed by atoms with Crippen LogP contribution in [0.25, 0.3) is 0 Å². The first-order chi connectivity index (χ1) is 11.7. The summed E-state index contributed by atoms with van der Waals surface area (Å²) in [6, 6.07) is 20.7. The number of nitrogens with two attached hydrogens (primary N) is 1. The van der Waals surface area contributed by atoms with Crippen molar-refractivity contribution in [1.82, 2.24) is 10.3 Å². The number of benzene rings is 2. The zero-order valence-electron chi connectivity index (χ0n) is 13.1. The Hall–Kier alpha value is -3.34. The van der Waals surface area contributed by atoms with E-state index in [0.29, 0.717) is 17.9 Å². The normalized spacial score (nSPS) is 10.2. The van der Waals surface area contributed by atoms with Gasteiger partial charge in [-0.1, -0.05) is 30.3 Å². The summed E-state index contributed by atoms with van der Waals surface area (Å²) < 4.78 is 0. The molecule has 3 rings (SSSR count). The van der Waals surface area contributed by atoms with Crippen LogP contribution in [0, 0.1) is 0 Å². The molecule has 0 saturated heterocycles. The molecule has 5 heteroatoms. The van der Waals surface area contributed by atoms with E-state index in [-0.39, 0.29) is 5.91 Å². The van der Waals surface area contributed by atoms with Crippen LogP contribution in [0.4, 0.5) is 17.2 Å². The maximum Gasteiger partial charge on any atom is 0.251 e. The standard InChI is InChI=1S/C19H18N4O/c20-18-11-10-17(13-21-18)23-16-8-6-14(7-9-16)12-22-19(24)15-4-2-1-3-5-15/h1-11,13,23H,12H2,(H2,20,21)(H,22,24). The molecule has 1 amide bonds. The summed E-state index contributed by atoms with van der Waals surface area (Å²) in [7, 11) is 0. The third-order valence-corrected chi connectivity index (χ3v) is 3.52. The fourth-order valence-corrected chi connectivity index (χ4v) is 2.23. The van der Waals surface area contributed by atoms with Gasteiger partial charge in [-0.25, -0.2) is 4.98 Å². The van der Waals surface area contributed by atoms with Crippen LogP contribution >= 0.6 is 0 Å². The molecule has 5 nitrogen and oxygen atoms in total. The molecule has 1 aromatic heterocycles. The highest BCUT2D eigenvalue weighted by molar-refractivity contribution is 5.94. The van der Waals surface area contributed by atoms with Crippen molar-refractivity contribution in [1.29, 1.82) is 0 Å². The Bertz CT molecular complexity index is 799. The summed E-state index contributed by atoms with van der Waals surface area (Å²) in [5.74, 6) is 0.413. The van der Waals surface area contributed by atoms with E-state index >= 15 is 0 Å². The summed E-state index contributed by atoms with van der Waals surface area (Å²) in [5.41, 5.74) is 9.07. The van der Waals surface area contributed by atoms with Crippen LogP contribution < -0.4 is 16.4 Å². The lowest BCUT2D eigenvalue weighted by Crippen LogP contribution is -2.22. The molecule has 120 valence electrons. The Morgan fingerprint density at radius 3 is 2.29 bits per heavy atom. The van der Waals surface area contributed by atoms with Crippen molar-refractivity contribution in [2.75, 3.05) is 11.1 Å². The number of aromatic nitrogens is 1. The monoisotopic (exact) mass is 318 g/mol. The number of carbonyl (C=O) groups is 1. The van der Waals surface area contributed by atoms with E-state index in [2.05, 4.69) is 15.6 Å². The molecular formula is C19H18N4O. The summed E-state index contributed by atoms with van der Waals surface area (Å²) in [6.45, 7) is 0.484. The molecular weight excluding hydrogens is 300 g/mol. The molecule has 0 aliphatic rings. The molecule has 0 spiro atoms. The van der Waals surface area contributed by atoms with Gasteiger partial charge < -0.3 is 16.4 Å². The van der Waals surface area contributed by atoms with Gasteiger partial charge >= 0.3 is 0 Å². The minimum absolute atomic E-state index is 0.0780. The lowest BCUT2D eigenvalue weighted by Gasteiger charge is -2.08. The van der Waals surface area contributed by atoms with Crippen LogP contribution in [0.2, 0.25) is 0 Å². The number of nitrogens with zero attached hydrogens (tertiary/aromatic N) is 1. The van der Waals surface area contributed by atoms with E-state index in [9.17, 15) is 4.79 Å². The Labute approximate surface area is 140 Å². The average molecular weight is 318 g/mol. The second-order valence-electron chi connectivity index (χ2n) is 5.34. The number of hydrogen-bond donors (Lipinski definition) is 3. The van der Waals surface area contributed by atoms with Gasteiger partial charge in [0.1, 0.15) is 5.82 Å². The third-order valence-electron chi connectivity index (χ3n) is 3.52. The first kappa shape index (κ1) is 15.6. The SMILES string of the molecule is Nc1ccc(Nc2ccc(CNC(=O)c3ccccc3)cc2)cn1. The van der Waals surface area contributed by atoms with E-state index in [1.165, 1.54) is 0 Å². The molecule has 3 aromatic rings. The molecule has 0 unspecified atom stereocenters. The van der Waals surface area contributed by atoms with E-state index in [4.69, 9.17) is 5.73 Å². The Balaban J connectivity index is 1.56. The number of hydrogen-bond acceptors (Lipinski definition) is 4. The fourth-order valence-electron chi connectivity index (χ4n) is 2.23. The molecule has 0 radical (unpaired) electrons. The number of pyridine rings is 1. The van der Waals surface area contributed by atoms with Crippen molar-refractivity contribution >= 4 is 23.1 Å². The van der Waals surface area contributed by atoms with Gasteiger partial charge in [0.05, 0.1) is 11.9 Å². The van der Waals surface area contributed by atoms with Crippen molar-refractivity contribution in [2.24, 2.45) is 0 Å². The topological polar surface area (TPSA) is 80.0 Å². The highest BCUT2D eigenvalue weighted by Crippen LogP contribution is 2.17. The maximum absolute atomic E-state index is 12.0. The molecule has 1 heterocycles. The second kappa shape index (κ2) is 7.28. The van der Waals surface area contributed by atoms with E-state index in [0.717, 1.165) is 16.9 Å². The third kappa shape index (κ3) is 4.10. The number of anilines is 3. The zero-order chi connectivity index (χ0) is 16.8. The maximum atomic E-state index is 12.0. The fraction of sp³-hybridized carbons (Fsp3) is 0.0526. The van der Waals surface area contributed by atoms with Gasteiger partial charge in [-0.15, -0.1) is 0 Å². The number of nitrogens with one attached hydrogen (secondary N) is 2. The van der Waals surface area contributed by atoms with Crippen LogP contribution in [0.15, 0.2) is 72.9 Å². The Kier molecular flexibility index (Phi) is 4.72. The van der Waals surface area contributed by atoms with Crippen LogP contribution in [0.5, 0.6) is 0 Å². The summed E-state index contributed by atoms with van der Waals surface area (Å²) in [6.07, 6.45) is 1.68. The summed E-state index contributed by atoms with van der Waals surface area (Å²) in [4.78, 5) is 16.1. The zero-order valence-corrected chi connectivity index (χ0v) is 13.1. The number of amides is 1. The Morgan fingerprint density at radius 1 is 0.917 bits per heavy atom. The predicted octanol–water partition coefficient (Wildman–Crippen LogP) is 3.34. The van der Waals surface area contributed by atoms with E-state index in [1.54, 1.807) is 24.4 Å². The van der Waals surface area contributed by atoms with Crippen LogP contribution in [0.3, 0.4) is 0 Å². The van der Waals surface area contributed by atoms with Crippen molar-refractivity contribution in [3.8, 4) is 0 Å². The number of nitrogen functional groups attached to an aromatic ring is 1. The molecule has 0 fully saturated rings. The van der Waals surface area contributed by atoms with Gasteiger partial charge in [0.25, 0.3) is 5.91 Å². The quantitative estimate of drug-likeness (QED) is 0.674. The van der Waals surface area contributed by atoms with Crippen LogP contribution in [-0.4, -0.2) is 10.9 Å². The van der Waals surface area contributed by atoms with Gasteiger partial charge in [0.15, 0.2) is 0 Å². The van der Waals surface area contributed by atoms with Crippen LogP contribution in [-0.2, 0) is 6.54 Å². The molecule has 0 bridgehead atoms. The van der Waals surface area contributed by atoms with Gasteiger partial charge in [0, 0.05) is 17.8 Å². The van der Waals surface area contributed by atoms with E-state index in [1.807, 2.05) is 48.5 Å². The summed E-state index contributed by atoms with van der Waals surface area (Å²) >= 11 is 0. The number of carbonyl (C=O) groups excluding carboxylic acids is 1. The first-order valence-electron chi connectivity index (χ1n) is 7.61. The average Bonchev–Trinajstić information content (AvgIpc) is 2.63. The van der Waals surface area contributed by atoms with Gasteiger partial charge in [-0.2, -0.15) is 0 Å². The highest BCUT2D eigenvalue weighted by atomic mass is 16.1. The van der Waals surface area contributed by atoms with Crippen LogP contribution in [0.1, 0.15) is 15.9 Å². The molecule has 0 aliphatic carbocycles. The minimum Gasteiger partial charge on any atom is -0.384 e. The minimum atomic E-state index is -0.0780. The van der Waals surface area contributed by atoms with Crippen molar-refractivity contribution < 1.29 is 4.79 Å². The first-order valence-corrected chi connectivity index (χ1v) is 7.61. The molecule has 0 atom stereocenters. The summed E-state index contributed by atoms with van der Waals surface area (Å²) in [5, 5.41) is 6.15. The molecule has 0 aliphatic heterocycles. The molecule has 4 N–H and O–H groups in total. The molecule has 24 heavy (non-hydrogen) atoms. The second-order valence-corrected chi connectivity index (χ2v) is 5.34. The van der Waals surface area contributed by atoms with Gasteiger partial charge in [-0.05, 0) is 42.0 Å². The highest BCUT2D eigenvalue weighted by Gasteiger charge is 2.04. The van der Waals surface area contributed by atoms with Crippen molar-refractivity contribution in [2.45, 2.75) is 6.54 Å².